The van der Waals surface area contributed by atoms with E-state index in [0.717, 1.165) is 27.3 Å². The highest BCUT2D eigenvalue weighted by Crippen LogP contribution is 2.19. The third-order valence-electron chi connectivity index (χ3n) is 3.40. The number of nitrogens with zero attached hydrogens (tertiary/aromatic N) is 4. The summed E-state index contributed by atoms with van der Waals surface area (Å²) in [5.74, 6) is -0.816. The number of ether oxygens (including phenoxy) is 1. The number of carbonyl (C=O) groups is 2. The minimum Gasteiger partial charge on any atom is -0.468 e. The number of hydrogen-bond acceptors (Lipinski definition) is 7. The normalized spacial score (nSPS) is 11.9. The largest absolute Gasteiger partial charge is 0.468 e. The molecule has 2 heterocycles. The summed E-state index contributed by atoms with van der Waals surface area (Å²) in [6.45, 7) is 3.69. The summed E-state index contributed by atoms with van der Waals surface area (Å²) in [4.78, 5) is 29.1. The van der Waals surface area contributed by atoms with Crippen molar-refractivity contribution in [3.05, 3.63) is 39.1 Å². The molecule has 0 radical (unpaired) electrons. The molecule has 0 N–H and O–H groups in total. The zero-order valence-corrected chi connectivity index (χ0v) is 14.9. The third-order valence-corrected chi connectivity index (χ3v) is 5.25. The molecule has 3 rings (SSSR count). The summed E-state index contributed by atoms with van der Waals surface area (Å²) >= 11 is 2.36. The standard InChI is InChI=1S/C15H14N4O3S2/c1-8-4-5-10-11(6-8)23-15(19(10)7-12(20)22-3)16-14(21)13-9(2)17-18-24-13/h4-6H,7H2,1-3H3. The number of benzene rings is 1. The number of carbonyl (C=O) groups excluding carboxylic acids is 2. The first-order valence-corrected chi connectivity index (χ1v) is 8.63. The molecule has 1 aromatic carbocycles. The van der Waals surface area contributed by atoms with E-state index in [4.69, 9.17) is 4.74 Å². The number of amides is 1. The molecule has 0 aliphatic heterocycles. The maximum absolute atomic E-state index is 12.4. The quantitative estimate of drug-likeness (QED) is 0.666. The molecule has 0 spiro atoms. The highest BCUT2D eigenvalue weighted by molar-refractivity contribution is 7.16. The molecular formula is C15H14N4O3S2. The van der Waals surface area contributed by atoms with E-state index in [1.54, 1.807) is 11.5 Å². The van der Waals surface area contributed by atoms with Crippen LogP contribution in [0.5, 0.6) is 0 Å². The second-order valence-corrected chi connectivity index (χ2v) is 6.89. The van der Waals surface area contributed by atoms with Gasteiger partial charge in [-0.05, 0) is 43.1 Å². The number of fused-ring (bicyclic) bond motifs is 1. The van der Waals surface area contributed by atoms with Gasteiger partial charge in [-0.1, -0.05) is 21.9 Å². The van der Waals surface area contributed by atoms with E-state index in [9.17, 15) is 9.59 Å². The summed E-state index contributed by atoms with van der Waals surface area (Å²) in [6, 6.07) is 5.86. The molecule has 3 aromatic rings. The van der Waals surface area contributed by atoms with Crippen molar-refractivity contribution in [3.63, 3.8) is 0 Å². The summed E-state index contributed by atoms with van der Waals surface area (Å²) < 4.78 is 11.1. The predicted octanol–water partition coefficient (Wildman–Crippen LogP) is 2.09. The first kappa shape index (κ1) is 16.5. The number of rotatable bonds is 3. The number of esters is 1. The molecule has 0 aliphatic carbocycles. The molecule has 124 valence electrons. The van der Waals surface area contributed by atoms with Crippen LogP contribution in [0, 0.1) is 13.8 Å². The number of aryl methyl sites for hydroxylation is 2. The second kappa shape index (κ2) is 6.62. The lowest BCUT2D eigenvalue weighted by Crippen LogP contribution is -2.22. The van der Waals surface area contributed by atoms with Crippen LogP contribution in [0.4, 0.5) is 0 Å². The summed E-state index contributed by atoms with van der Waals surface area (Å²) in [5.41, 5.74) is 2.47. The smallest absolute Gasteiger partial charge is 0.325 e. The molecule has 0 aliphatic rings. The Labute approximate surface area is 145 Å². The fraction of sp³-hybridized carbons (Fsp3) is 0.267. The van der Waals surface area contributed by atoms with Gasteiger partial charge in [-0.2, -0.15) is 4.99 Å². The van der Waals surface area contributed by atoms with Gasteiger partial charge in [0.1, 0.15) is 11.4 Å². The van der Waals surface area contributed by atoms with Gasteiger partial charge in [0.2, 0.25) is 0 Å². The minimum absolute atomic E-state index is 0.00834. The second-order valence-electron chi connectivity index (χ2n) is 5.12. The van der Waals surface area contributed by atoms with Crippen LogP contribution in [0.1, 0.15) is 20.9 Å². The van der Waals surface area contributed by atoms with Crippen molar-refractivity contribution in [1.29, 1.82) is 0 Å². The van der Waals surface area contributed by atoms with Gasteiger partial charge in [0.15, 0.2) is 4.80 Å². The van der Waals surface area contributed by atoms with Gasteiger partial charge in [-0.15, -0.1) is 5.10 Å². The van der Waals surface area contributed by atoms with Crippen molar-refractivity contribution >= 4 is 45.0 Å². The summed E-state index contributed by atoms with van der Waals surface area (Å²) in [7, 11) is 1.33. The number of methoxy groups -OCH3 is 1. The van der Waals surface area contributed by atoms with Crippen LogP contribution in [0.15, 0.2) is 23.2 Å². The molecule has 0 saturated heterocycles. The molecule has 7 nitrogen and oxygen atoms in total. The van der Waals surface area contributed by atoms with Crippen LogP contribution in [0.25, 0.3) is 10.2 Å². The molecule has 1 amide bonds. The van der Waals surface area contributed by atoms with Crippen molar-refractivity contribution in [2.45, 2.75) is 20.4 Å². The van der Waals surface area contributed by atoms with E-state index >= 15 is 0 Å². The van der Waals surface area contributed by atoms with Gasteiger partial charge in [0.05, 0.1) is 23.0 Å². The van der Waals surface area contributed by atoms with E-state index in [0.29, 0.717) is 15.4 Å². The molecule has 0 fully saturated rings. The lowest BCUT2D eigenvalue weighted by atomic mass is 10.2. The summed E-state index contributed by atoms with van der Waals surface area (Å²) in [5, 5.41) is 3.83. The average Bonchev–Trinajstić information content (AvgIpc) is 3.11. The third kappa shape index (κ3) is 3.13. The fourth-order valence-electron chi connectivity index (χ4n) is 2.18. The van der Waals surface area contributed by atoms with Crippen LogP contribution < -0.4 is 4.80 Å². The van der Waals surface area contributed by atoms with E-state index in [2.05, 4.69) is 14.6 Å². The molecule has 9 heteroatoms. The summed E-state index contributed by atoms with van der Waals surface area (Å²) in [6.07, 6.45) is 0. The number of hydrogen-bond donors (Lipinski definition) is 0. The highest BCUT2D eigenvalue weighted by atomic mass is 32.1. The van der Waals surface area contributed by atoms with Crippen molar-refractivity contribution < 1.29 is 14.3 Å². The zero-order valence-electron chi connectivity index (χ0n) is 13.3. The highest BCUT2D eigenvalue weighted by Gasteiger charge is 2.15. The van der Waals surface area contributed by atoms with Crippen LogP contribution in [-0.2, 0) is 16.1 Å². The van der Waals surface area contributed by atoms with Crippen molar-refractivity contribution in [3.8, 4) is 0 Å². The number of thiazole rings is 1. The van der Waals surface area contributed by atoms with Crippen molar-refractivity contribution in [1.82, 2.24) is 14.2 Å². The molecule has 2 aromatic heterocycles. The lowest BCUT2D eigenvalue weighted by Gasteiger charge is -2.03. The molecule has 0 atom stereocenters. The zero-order chi connectivity index (χ0) is 17.3. The van der Waals surface area contributed by atoms with E-state index in [1.165, 1.54) is 18.4 Å². The first-order chi connectivity index (χ1) is 11.5. The maximum atomic E-state index is 12.4. The average molecular weight is 362 g/mol. The molecule has 0 bridgehead atoms. The van der Waals surface area contributed by atoms with Gasteiger partial charge in [0, 0.05) is 0 Å². The monoisotopic (exact) mass is 362 g/mol. The van der Waals surface area contributed by atoms with E-state index < -0.39 is 11.9 Å². The van der Waals surface area contributed by atoms with Crippen LogP contribution in [0.2, 0.25) is 0 Å². The van der Waals surface area contributed by atoms with Gasteiger partial charge in [-0.25, -0.2) is 0 Å². The van der Waals surface area contributed by atoms with Crippen LogP contribution in [0.3, 0.4) is 0 Å². The van der Waals surface area contributed by atoms with Gasteiger partial charge in [0.25, 0.3) is 5.91 Å². The fourth-order valence-corrected chi connectivity index (χ4v) is 3.85. The Morgan fingerprint density at radius 3 is 2.79 bits per heavy atom. The molecule has 24 heavy (non-hydrogen) atoms. The SMILES string of the molecule is COC(=O)Cn1c(=NC(=O)c2snnc2C)sc2cc(C)ccc21. The first-order valence-electron chi connectivity index (χ1n) is 7.04. The Morgan fingerprint density at radius 1 is 1.33 bits per heavy atom. The number of aromatic nitrogens is 3. The topological polar surface area (TPSA) is 86.4 Å². The van der Waals surface area contributed by atoms with Crippen LogP contribution in [-0.4, -0.2) is 33.1 Å². The van der Waals surface area contributed by atoms with Gasteiger partial charge in [-0.3, -0.25) is 9.59 Å². The van der Waals surface area contributed by atoms with Crippen LogP contribution >= 0.6 is 22.9 Å². The van der Waals surface area contributed by atoms with Crippen molar-refractivity contribution in [2.24, 2.45) is 4.99 Å². The Bertz CT molecular complexity index is 1000. The Morgan fingerprint density at radius 2 is 2.12 bits per heavy atom. The molecule has 0 unspecified atom stereocenters. The molecular weight excluding hydrogens is 348 g/mol. The van der Waals surface area contributed by atoms with E-state index in [1.807, 2.05) is 25.1 Å². The van der Waals surface area contributed by atoms with Gasteiger partial charge >= 0.3 is 5.97 Å². The maximum Gasteiger partial charge on any atom is 0.325 e. The minimum atomic E-state index is -0.413. The Balaban J connectivity index is 2.17. The molecule has 0 saturated carbocycles. The Kier molecular flexibility index (Phi) is 4.54. The van der Waals surface area contributed by atoms with Crippen molar-refractivity contribution in [2.75, 3.05) is 7.11 Å². The lowest BCUT2D eigenvalue weighted by molar-refractivity contribution is -0.141. The van der Waals surface area contributed by atoms with E-state index in [-0.39, 0.29) is 6.54 Å². The Hall–Kier alpha value is -2.39. The van der Waals surface area contributed by atoms with Gasteiger partial charge < -0.3 is 9.30 Å². The predicted molar refractivity (Wildman–Crippen MR) is 91.1 cm³/mol.